The summed E-state index contributed by atoms with van der Waals surface area (Å²) in [6, 6.07) is 13.8. The molecule has 9 heteroatoms. The molecule has 180 valence electrons. The van der Waals surface area contributed by atoms with E-state index in [1.54, 1.807) is 32.6 Å². The molecule has 2 aromatic carbocycles. The molecule has 0 aliphatic rings. The highest BCUT2D eigenvalue weighted by Gasteiger charge is 2.17. The van der Waals surface area contributed by atoms with Gasteiger partial charge in [-0.05, 0) is 41.7 Å². The van der Waals surface area contributed by atoms with Crippen molar-refractivity contribution in [3.63, 3.8) is 0 Å². The number of benzene rings is 2. The van der Waals surface area contributed by atoms with Crippen molar-refractivity contribution in [1.29, 1.82) is 0 Å². The van der Waals surface area contributed by atoms with Gasteiger partial charge in [-0.25, -0.2) is 5.43 Å². The zero-order chi connectivity index (χ0) is 24.7. The lowest BCUT2D eigenvalue weighted by Crippen LogP contribution is -2.20. The smallest absolute Gasteiger partial charge is 0.250 e. The van der Waals surface area contributed by atoms with Crippen molar-refractivity contribution in [2.75, 3.05) is 20.0 Å². The first kappa shape index (κ1) is 25.3. The number of nitrogens with zero attached hydrogens (tertiary/aromatic N) is 4. The molecule has 0 atom stereocenters. The molecular weight excluding hydrogens is 450 g/mol. The Labute approximate surface area is 204 Å². The van der Waals surface area contributed by atoms with E-state index in [2.05, 4.69) is 65.8 Å². The molecule has 1 N–H and O–H groups in total. The van der Waals surface area contributed by atoms with Crippen molar-refractivity contribution in [1.82, 2.24) is 20.2 Å². The number of carbonyl (C=O) groups excluding carboxylic acids is 1. The van der Waals surface area contributed by atoms with Gasteiger partial charge in [0.1, 0.15) is 0 Å². The number of thioether (sulfide) groups is 1. The van der Waals surface area contributed by atoms with Gasteiger partial charge >= 0.3 is 0 Å². The van der Waals surface area contributed by atoms with Gasteiger partial charge in [0.2, 0.25) is 0 Å². The molecule has 0 aliphatic heterocycles. The minimum absolute atomic E-state index is 0.0905. The van der Waals surface area contributed by atoms with Crippen molar-refractivity contribution in [3.05, 3.63) is 53.6 Å². The first-order chi connectivity index (χ1) is 16.3. The molecule has 0 spiro atoms. The van der Waals surface area contributed by atoms with E-state index in [1.807, 2.05) is 17.6 Å². The third-order valence-electron chi connectivity index (χ3n) is 5.19. The quantitative estimate of drug-likeness (QED) is 0.274. The molecule has 1 aromatic heterocycles. The highest BCUT2D eigenvalue weighted by atomic mass is 32.2. The fourth-order valence-electron chi connectivity index (χ4n) is 3.29. The maximum absolute atomic E-state index is 12.3. The summed E-state index contributed by atoms with van der Waals surface area (Å²) >= 11 is 1.33. The zero-order valence-corrected chi connectivity index (χ0v) is 21.3. The number of carbonyl (C=O) groups is 1. The Morgan fingerprint density at radius 3 is 2.41 bits per heavy atom. The van der Waals surface area contributed by atoms with Crippen LogP contribution < -0.4 is 14.9 Å². The number of rotatable bonds is 9. The number of hydrogen-bond donors (Lipinski definition) is 1. The van der Waals surface area contributed by atoms with Crippen molar-refractivity contribution in [3.8, 4) is 22.9 Å². The molecule has 3 rings (SSSR count). The van der Waals surface area contributed by atoms with Crippen LogP contribution in [0.25, 0.3) is 11.4 Å². The molecule has 34 heavy (non-hydrogen) atoms. The molecule has 0 bridgehead atoms. The van der Waals surface area contributed by atoms with Crippen LogP contribution in [-0.2, 0) is 16.8 Å². The largest absolute Gasteiger partial charge is 0.493 e. The second kappa shape index (κ2) is 11.2. The first-order valence-corrected chi connectivity index (χ1v) is 12.0. The molecule has 1 amide bonds. The lowest BCUT2D eigenvalue weighted by molar-refractivity contribution is -0.118. The molecule has 8 nitrogen and oxygen atoms in total. The maximum atomic E-state index is 12.3. The molecular formula is C25H31N5O3S. The van der Waals surface area contributed by atoms with Crippen LogP contribution in [0.15, 0.2) is 52.7 Å². The van der Waals surface area contributed by atoms with E-state index in [0.29, 0.717) is 23.2 Å². The molecule has 0 saturated heterocycles. The zero-order valence-electron chi connectivity index (χ0n) is 20.5. The van der Waals surface area contributed by atoms with Crippen molar-refractivity contribution >= 4 is 23.9 Å². The van der Waals surface area contributed by atoms with E-state index in [-0.39, 0.29) is 17.1 Å². The maximum Gasteiger partial charge on any atom is 0.250 e. The van der Waals surface area contributed by atoms with Gasteiger partial charge in [-0.2, -0.15) is 5.10 Å². The van der Waals surface area contributed by atoms with Gasteiger partial charge < -0.3 is 14.0 Å². The van der Waals surface area contributed by atoms with Gasteiger partial charge in [0.05, 0.1) is 26.2 Å². The summed E-state index contributed by atoms with van der Waals surface area (Å²) in [7, 11) is 3.15. The van der Waals surface area contributed by atoms with Crippen LogP contribution >= 0.6 is 11.8 Å². The Kier molecular flexibility index (Phi) is 8.33. The Hall–Kier alpha value is -3.33. The van der Waals surface area contributed by atoms with Crippen molar-refractivity contribution in [2.45, 2.75) is 44.8 Å². The number of hydrogen-bond acceptors (Lipinski definition) is 7. The number of ether oxygens (including phenoxy) is 2. The van der Waals surface area contributed by atoms with E-state index in [9.17, 15) is 4.79 Å². The molecule has 3 aromatic rings. The van der Waals surface area contributed by atoms with Gasteiger partial charge in [0, 0.05) is 12.1 Å². The molecule has 0 radical (unpaired) electrons. The van der Waals surface area contributed by atoms with E-state index in [1.165, 1.54) is 17.3 Å². The minimum Gasteiger partial charge on any atom is -0.493 e. The van der Waals surface area contributed by atoms with E-state index < -0.39 is 0 Å². The Bertz CT molecular complexity index is 1150. The van der Waals surface area contributed by atoms with Crippen molar-refractivity contribution < 1.29 is 14.3 Å². The van der Waals surface area contributed by atoms with Gasteiger partial charge in [-0.15, -0.1) is 10.2 Å². The fourth-order valence-corrected chi connectivity index (χ4v) is 4.08. The second-order valence-electron chi connectivity index (χ2n) is 8.57. The predicted molar refractivity (Wildman–Crippen MR) is 136 cm³/mol. The van der Waals surface area contributed by atoms with Gasteiger partial charge in [0.25, 0.3) is 5.91 Å². The lowest BCUT2D eigenvalue weighted by Gasteiger charge is -2.19. The average molecular weight is 482 g/mol. The number of nitrogens with one attached hydrogen (secondary N) is 1. The monoisotopic (exact) mass is 481 g/mol. The third kappa shape index (κ3) is 6.17. The van der Waals surface area contributed by atoms with E-state index in [4.69, 9.17) is 9.47 Å². The van der Waals surface area contributed by atoms with Crippen LogP contribution in [0, 0.1) is 0 Å². The molecule has 0 unspecified atom stereocenters. The van der Waals surface area contributed by atoms with E-state index >= 15 is 0 Å². The fraction of sp³-hybridized carbons (Fsp3) is 0.360. The second-order valence-corrected chi connectivity index (χ2v) is 9.52. The number of amides is 1. The molecule has 1 heterocycles. The first-order valence-electron chi connectivity index (χ1n) is 11.0. The standard InChI is InChI=1S/C25H31N5O3S/c1-7-30-23(18-9-11-19(12-10-18)25(2,3)4)28-29-24(30)34-16-22(31)27-26-15-17-8-13-20(32-5)21(14-17)33-6/h8-15H,7,16H2,1-6H3,(H,27,31)/b26-15-. The molecule has 0 aliphatic carbocycles. The highest BCUT2D eigenvalue weighted by molar-refractivity contribution is 7.99. The van der Waals surface area contributed by atoms with Crippen molar-refractivity contribution in [2.24, 2.45) is 5.10 Å². The van der Waals surface area contributed by atoms with Crippen LogP contribution in [0.4, 0.5) is 0 Å². The van der Waals surface area contributed by atoms with Gasteiger partial charge in [-0.3, -0.25) is 4.79 Å². The summed E-state index contributed by atoms with van der Waals surface area (Å²) in [5.41, 5.74) is 5.67. The molecule has 0 saturated carbocycles. The van der Waals surface area contributed by atoms with Gasteiger partial charge in [-0.1, -0.05) is 56.8 Å². The predicted octanol–water partition coefficient (Wildman–Crippen LogP) is 4.52. The van der Waals surface area contributed by atoms with Crippen LogP contribution in [0.5, 0.6) is 11.5 Å². The summed E-state index contributed by atoms with van der Waals surface area (Å²) < 4.78 is 12.5. The number of hydrazone groups is 1. The van der Waals surface area contributed by atoms with Crippen LogP contribution in [0.3, 0.4) is 0 Å². The summed E-state index contributed by atoms with van der Waals surface area (Å²) in [4.78, 5) is 12.3. The summed E-state index contributed by atoms with van der Waals surface area (Å²) in [5, 5.41) is 13.4. The van der Waals surface area contributed by atoms with Gasteiger partial charge in [0.15, 0.2) is 22.5 Å². The van der Waals surface area contributed by atoms with Crippen LogP contribution in [0.2, 0.25) is 0 Å². The van der Waals surface area contributed by atoms with Crippen LogP contribution in [-0.4, -0.2) is 46.9 Å². The summed E-state index contributed by atoms with van der Waals surface area (Å²) in [6.07, 6.45) is 1.55. The van der Waals surface area contributed by atoms with E-state index in [0.717, 1.165) is 17.0 Å². The average Bonchev–Trinajstić information content (AvgIpc) is 3.25. The lowest BCUT2D eigenvalue weighted by atomic mass is 9.87. The Morgan fingerprint density at radius 1 is 1.09 bits per heavy atom. The van der Waals surface area contributed by atoms with Crippen LogP contribution in [0.1, 0.15) is 38.8 Å². The third-order valence-corrected chi connectivity index (χ3v) is 6.15. The number of aromatic nitrogens is 3. The Morgan fingerprint density at radius 2 is 1.79 bits per heavy atom. The Balaban J connectivity index is 1.61. The SMILES string of the molecule is CCn1c(SCC(=O)N/N=C\c2ccc(OC)c(OC)c2)nnc1-c1ccc(C(C)(C)C)cc1. The summed E-state index contributed by atoms with van der Waals surface area (Å²) in [6.45, 7) is 9.30. The summed E-state index contributed by atoms with van der Waals surface area (Å²) in [5.74, 6) is 1.95. The topological polar surface area (TPSA) is 90.6 Å². The minimum atomic E-state index is -0.233. The number of methoxy groups -OCH3 is 2. The normalized spacial score (nSPS) is 11.6. The highest BCUT2D eigenvalue weighted by Crippen LogP contribution is 2.28. The molecule has 0 fully saturated rings.